The Morgan fingerprint density at radius 3 is 3.08 bits per heavy atom. The molecule has 0 aliphatic heterocycles. The predicted octanol–water partition coefficient (Wildman–Crippen LogP) is 1.38. The normalized spacial score (nSPS) is 12.8. The zero-order valence-electron chi connectivity index (χ0n) is 7.66. The van der Waals surface area contributed by atoms with Crippen LogP contribution >= 0.6 is 0 Å². The second-order valence-corrected chi connectivity index (χ2v) is 4.27. The largest absolute Gasteiger partial charge is 0.616 e. The minimum atomic E-state index is -0.816. The number of rotatable bonds is 5. The number of hydrogen-bond acceptors (Lipinski definition) is 2. The molecule has 3 heteroatoms. The molecule has 1 atom stereocenters. The van der Waals surface area contributed by atoms with Gasteiger partial charge in [0, 0.05) is 12.7 Å². The fourth-order valence-electron chi connectivity index (χ4n) is 0.955. The van der Waals surface area contributed by atoms with Crippen molar-refractivity contribution in [3.8, 4) is 0 Å². The topological polar surface area (TPSA) is 32.3 Å². The Labute approximate surface area is 82.1 Å². The maximum Gasteiger partial charge on any atom is 0.130 e. The molecule has 1 aromatic rings. The van der Waals surface area contributed by atoms with Crippen LogP contribution in [0.1, 0.15) is 5.56 Å². The minimum absolute atomic E-state index is 0.559. The molecule has 13 heavy (non-hydrogen) atoms. The first-order chi connectivity index (χ1) is 6.33. The molecule has 0 aromatic heterocycles. The zero-order chi connectivity index (χ0) is 9.52. The van der Waals surface area contributed by atoms with E-state index in [1.165, 1.54) is 0 Å². The van der Waals surface area contributed by atoms with Gasteiger partial charge >= 0.3 is 0 Å². The number of benzene rings is 1. The van der Waals surface area contributed by atoms with Crippen LogP contribution < -0.4 is 0 Å². The number of hydrogen-bond donors (Lipinski definition) is 0. The fraction of sp³-hybridized carbons (Fsp3) is 0.400. The van der Waals surface area contributed by atoms with Crippen LogP contribution in [0, 0.1) is 6.07 Å². The van der Waals surface area contributed by atoms with Gasteiger partial charge in [0.25, 0.3) is 0 Å². The summed E-state index contributed by atoms with van der Waals surface area (Å²) in [5, 5.41) is 0. The molecule has 1 rings (SSSR count). The first-order valence-electron chi connectivity index (χ1n) is 4.12. The SMILES string of the molecule is COCC[S+]([O-])Cc1c[c]ccc1. The van der Waals surface area contributed by atoms with Crippen LogP contribution in [-0.4, -0.2) is 24.0 Å². The molecule has 0 N–H and O–H groups in total. The Balaban J connectivity index is 2.32. The van der Waals surface area contributed by atoms with E-state index in [2.05, 4.69) is 6.07 Å². The molecular formula is C10H13O2S. The van der Waals surface area contributed by atoms with Crippen molar-refractivity contribution in [1.29, 1.82) is 0 Å². The highest BCUT2D eigenvalue weighted by Crippen LogP contribution is 2.05. The van der Waals surface area contributed by atoms with Gasteiger partial charge in [-0.3, -0.25) is 0 Å². The fourth-order valence-corrected chi connectivity index (χ4v) is 2.00. The molecule has 1 unspecified atom stereocenters. The van der Waals surface area contributed by atoms with Crippen molar-refractivity contribution in [3.63, 3.8) is 0 Å². The molecule has 0 aliphatic rings. The van der Waals surface area contributed by atoms with Crippen LogP contribution in [-0.2, 0) is 21.7 Å². The van der Waals surface area contributed by atoms with Crippen molar-refractivity contribution >= 4 is 11.2 Å². The van der Waals surface area contributed by atoms with Gasteiger partial charge in [-0.1, -0.05) is 18.2 Å². The van der Waals surface area contributed by atoms with Crippen molar-refractivity contribution in [2.75, 3.05) is 19.5 Å². The molecule has 71 valence electrons. The zero-order valence-corrected chi connectivity index (χ0v) is 8.47. The van der Waals surface area contributed by atoms with Gasteiger partial charge in [0.15, 0.2) is 0 Å². The van der Waals surface area contributed by atoms with Gasteiger partial charge in [-0.2, -0.15) is 0 Å². The quantitative estimate of drug-likeness (QED) is 0.668. The van der Waals surface area contributed by atoms with Gasteiger partial charge in [-0.05, 0) is 23.3 Å². The third kappa shape index (κ3) is 4.31. The highest BCUT2D eigenvalue weighted by Gasteiger charge is 2.05. The minimum Gasteiger partial charge on any atom is -0.616 e. The van der Waals surface area contributed by atoms with Crippen molar-refractivity contribution < 1.29 is 9.29 Å². The average Bonchev–Trinajstić information content (AvgIpc) is 2.16. The molecule has 0 saturated heterocycles. The summed E-state index contributed by atoms with van der Waals surface area (Å²) in [6.07, 6.45) is 0. The lowest BCUT2D eigenvalue weighted by Crippen LogP contribution is -2.13. The molecule has 0 saturated carbocycles. The third-order valence-corrected chi connectivity index (χ3v) is 2.89. The summed E-state index contributed by atoms with van der Waals surface area (Å²) in [5.74, 6) is 1.20. The summed E-state index contributed by atoms with van der Waals surface area (Å²) in [6.45, 7) is 0.559. The van der Waals surface area contributed by atoms with E-state index in [0.29, 0.717) is 18.1 Å². The van der Waals surface area contributed by atoms with E-state index in [-0.39, 0.29) is 0 Å². The molecule has 1 aromatic carbocycles. The molecule has 0 fully saturated rings. The molecule has 1 radical (unpaired) electrons. The van der Waals surface area contributed by atoms with Gasteiger partial charge in [0.2, 0.25) is 0 Å². The van der Waals surface area contributed by atoms with E-state index in [9.17, 15) is 4.55 Å². The maximum absolute atomic E-state index is 11.4. The first kappa shape index (κ1) is 10.6. The van der Waals surface area contributed by atoms with E-state index in [1.54, 1.807) is 7.11 Å². The van der Waals surface area contributed by atoms with Crippen LogP contribution in [0.2, 0.25) is 0 Å². The summed E-state index contributed by atoms with van der Waals surface area (Å²) in [6, 6.07) is 10.5. The number of ether oxygens (including phenoxy) is 1. The van der Waals surface area contributed by atoms with Crippen molar-refractivity contribution in [2.24, 2.45) is 0 Å². The molecule has 0 spiro atoms. The van der Waals surface area contributed by atoms with Crippen molar-refractivity contribution in [3.05, 3.63) is 35.9 Å². The lowest BCUT2D eigenvalue weighted by atomic mass is 10.2. The Kier molecular flexibility index (Phi) is 4.90. The van der Waals surface area contributed by atoms with Gasteiger partial charge in [-0.15, -0.1) is 0 Å². The first-order valence-corrected chi connectivity index (χ1v) is 5.60. The summed E-state index contributed by atoms with van der Waals surface area (Å²) in [4.78, 5) is 0. The van der Waals surface area contributed by atoms with E-state index in [0.717, 1.165) is 5.56 Å². The summed E-state index contributed by atoms with van der Waals surface area (Å²) in [5.41, 5.74) is 1.07. The monoisotopic (exact) mass is 197 g/mol. The second kappa shape index (κ2) is 6.02. The summed E-state index contributed by atoms with van der Waals surface area (Å²) >= 11 is -0.816. The van der Waals surface area contributed by atoms with E-state index in [4.69, 9.17) is 4.74 Å². The molecule has 2 nitrogen and oxygen atoms in total. The Morgan fingerprint density at radius 1 is 1.62 bits per heavy atom. The lowest BCUT2D eigenvalue weighted by Gasteiger charge is -2.09. The van der Waals surface area contributed by atoms with Gasteiger partial charge in [-0.25, -0.2) is 0 Å². The van der Waals surface area contributed by atoms with Gasteiger partial charge in [0.1, 0.15) is 11.5 Å². The molecule has 0 aliphatic carbocycles. The number of methoxy groups -OCH3 is 1. The van der Waals surface area contributed by atoms with Crippen molar-refractivity contribution in [1.82, 2.24) is 0 Å². The van der Waals surface area contributed by atoms with E-state index in [1.807, 2.05) is 24.3 Å². The Bertz CT molecular complexity index is 226. The van der Waals surface area contributed by atoms with Crippen molar-refractivity contribution in [2.45, 2.75) is 5.75 Å². The van der Waals surface area contributed by atoms with E-state index < -0.39 is 11.2 Å². The Morgan fingerprint density at radius 2 is 2.46 bits per heavy atom. The smallest absolute Gasteiger partial charge is 0.130 e. The highest BCUT2D eigenvalue weighted by atomic mass is 32.2. The second-order valence-electron chi connectivity index (χ2n) is 2.69. The highest BCUT2D eigenvalue weighted by molar-refractivity contribution is 7.90. The summed E-state index contributed by atoms with van der Waals surface area (Å²) in [7, 11) is 1.62. The summed E-state index contributed by atoms with van der Waals surface area (Å²) < 4.78 is 16.2. The van der Waals surface area contributed by atoms with Gasteiger partial charge < -0.3 is 9.29 Å². The standard InChI is InChI=1S/C10H13O2S/c1-12-7-8-13(11)9-10-5-3-2-4-6-10/h2-3,5-6H,7-9H2,1H3. The molecular weight excluding hydrogens is 184 g/mol. The average molecular weight is 197 g/mol. The third-order valence-electron chi connectivity index (χ3n) is 1.61. The van der Waals surface area contributed by atoms with E-state index >= 15 is 0 Å². The Hall–Kier alpha value is -0.510. The van der Waals surface area contributed by atoms with Crippen LogP contribution in [0.15, 0.2) is 24.3 Å². The molecule has 0 heterocycles. The molecule has 0 amide bonds. The molecule has 0 bridgehead atoms. The van der Waals surface area contributed by atoms with Crippen LogP contribution in [0.3, 0.4) is 0 Å². The van der Waals surface area contributed by atoms with Crippen LogP contribution in [0.4, 0.5) is 0 Å². The van der Waals surface area contributed by atoms with Crippen LogP contribution in [0.5, 0.6) is 0 Å². The van der Waals surface area contributed by atoms with Crippen LogP contribution in [0.25, 0.3) is 0 Å². The predicted molar refractivity (Wildman–Crippen MR) is 53.9 cm³/mol. The maximum atomic E-state index is 11.4. The lowest BCUT2D eigenvalue weighted by molar-refractivity contribution is 0.217. The van der Waals surface area contributed by atoms with Gasteiger partial charge in [0.05, 0.1) is 6.61 Å².